The summed E-state index contributed by atoms with van der Waals surface area (Å²) in [5.74, 6) is 0.108. The third-order valence-corrected chi connectivity index (χ3v) is 4.90. The number of likely N-dealkylation sites (N-methyl/N-ethyl adjacent to an activating group) is 1. The van der Waals surface area contributed by atoms with Gasteiger partial charge in [-0.1, -0.05) is 30.3 Å². The van der Waals surface area contributed by atoms with Gasteiger partial charge in [0.05, 0.1) is 0 Å². The van der Waals surface area contributed by atoms with Gasteiger partial charge >= 0.3 is 0 Å². The highest BCUT2D eigenvalue weighted by Crippen LogP contribution is 2.27. The van der Waals surface area contributed by atoms with Gasteiger partial charge in [0.1, 0.15) is 5.69 Å². The predicted molar refractivity (Wildman–Crippen MR) is 92.3 cm³/mol. The summed E-state index contributed by atoms with van der Waals surface area (Å²) in [7, 11) is 0. The number of aromatic nitrogens is 1. The molecule has 2 heterocycles. The molecule has 4 heteroatoms. The van der Waals surface area contributed by atoms with Crippen LogP contribution in [0.25, 0.3) is 0 Å². The number of H-pyrrole nitrogens is 1. The standard InChI is InChI=1S/C19H25N3O/c1-3-22(19(23)18-10-7-12-20-18)17-11-13-21(14-17)15(2)16-8-5-4-6-9-16/h4-10,12,15,17,20H,3,11,13-14H2,1-2H3/t15-,17+/m0/s1. The number of hydrogen-bond donors (Lipinski definition) is 1. The summed E-state index contributed by atoms with van der Waals surface area (Å²) >= 11 is 0. The molecule has 0 unspecified atom stereocenters. The normalized spacial score (nSPS) is 19.7. The highest BCUT2D eigenvalue weighted by molar-refractivity contribution is 5.92. The van der Waals surface area contributed by atoms with Gasteiger partial charge in [-0.05, 0) is 38.0 Å². The van der Waals surface area contributed by atoms with Gasteiger partial charge in [0.15, 0.2) is 0 Å². The molecule has 1 aliphatic heterocycles. The molecule has 1 aromatic heterocycles. The van der Waals surface area contributed by atoms with Crippen molar-refractivity contribution in [3.8, 4) is 0 Å². The minimum absolute atomic E-state index is 0.108. The number of aromatic amines is 1. The number of nitrogens with one attached hydrogen (secondary N) is 1. The second-order valence-corrected chi connectivity index (χ2v) is 6.20. The molecule has 2 aromatic rings. The van der Waals surface area contributed by atoms with Crippen LogP contribution in [0, 0.1) is 0 Å². The second kappa shape index (κ2) is 7.01. The fourth-order valence-electron chi connectivity index (χ4n) is 3.50. The summed E-state index contributed by atoms with van der Waals surface area (Å²) in [6.07, 6.45) is 2.84. The van der Waals surface area contributed by atoms with Crippen LogP contribution < -0.4 is 0 Å². The lowest BCUT2D eigenvalue weighted by Crippen LogP contribution is -2.42. The number of nitrogens with zero attached hydrogens (tertiary/aromatic N) is 2. The van der Waals surface area contributed by atoms with E-state index in [0.29, 0.717) is 17.8 Å². The van der Waals surface area contributed by atoms with Crippen LogP contribution in [0.2, 0.25) is 0 Å². The highest BCUT2D eigenvalue weighted by Gasteiger charge is 2.32. The molecule has 3 rings (SSSR count). The molecule has 1 amide bonds. The van der Waals surface area contributed by atoms with Crippen LogP contribution in [0.1, 0.15) is 42.4 Å². The molecule has 0 saturated carbocycles. The fourth-order valence-corrected chi connectivity index (χ4v) is 3.50. The monoisotopic (exact) mass is 311 g/mol. The van der Waals surface area contributed by atoms with E-state index in [4.69, 9.17) is 0 Å². The van der Waals surface area contributed by atoms with Crippen molar-refractivity contribution in [1.29, 1.82) is 0 Å². The molecule has 1 aromatic carbocycles. The molecular formula is C19H25N3O. The molecule has 1 aliphatic rings. The molecule has 122 valence electrons. The molecule has 1 fully saturated rings. The first-order chi connectivity index (χ1) is 11.2. The van der Waals surface area contributed by atoms with Crippen LogP contribution in [-0.4, -0.2) is 46.4 Å². The van der Waals surface area contributed by atoms with Crippen LogP contribution >= 0.6 is 0 Å². The molecule has 0 aliphatic carbocycles. The molecule has 2 atom stereocenters. The lowest BCUT2D eigenvalue weighted by Gasteiger charge is -2.29. The minimum Gasteiger partial charge on any atom is -0.357 e. The van der Waals surface area contributed by atoms with Crippen molar-refractivity contribution in [1.82, 2.24) is 14.8 Å². The van der Waals surface area contributed by atoms with E-state index in [0.717, 1.165) is 26.1 Å². The predicted octanol–water partition coefficient (Wildman–Crippen LogP) is 3.31. The van der Waals surface area contributed by atoms with Crippen molar-refractivity contribution < 1.29 is 4.79 Å². The summed E-state index contributed by atoms with van der Waals surface area (Å²) in [6, 6.07) is 15.0. The zero-order chi connectivity index (χ0) is 16.2. The zero-order valence-corrected chi connectivity index (χ0v) is 13.9. The van der Waals surface area contributed by atoms with Gasteiger partial charge in [-0.2, -0.15) is 0 Å². The van der Waals surface area contributed by atoms with Gasteiger partial charge in [0, 0.05) is 37.9 Å². The Morgan fingerprint density at radius 2 is 2.09 bits per heavy atom. The lowest BCUT2D eigenvalue weighted by molar-refractivity contribution is 0.0684. The van der Waals surface area contributed by atoms with Crippen LogP contribution in [0.4, 0.5) is 0 Å². The maximum absolute atomic E-state index is 12.6. The molecule has 0 spiro atoms. The topological polar surface area (TPSA) is 39.3 Å². The van der Waals surface area contributed by atoms with E-state index >= 15 is 0 Å². The number of carbonyl (C=O) groups excluding carboxylic acids is 1. The molecule has 1 N–H and O–H groups in total. The number of carbonyl (C=O) groups is 1. The van der Waals surface area contributed by atoms with E-state index in [-0.39, 0.29) is 5.91 Å². The van der Waals surface area contributed by atoms with Crippen molar-refractivity contribution >= 4 is 5.91 Å². The Bertz CT molecular complexity index is 623. The average Bonchev–Trinajstić information content (AvgIpc) is 3.27. The first kappa shape index (κ1) is 15.8. The lowest BCUT2D eigenvalue weighted by atomic mass is 10.1. The summed E-state index contributed by atoms with van der Waals surface area (Å²) in [6.45, 7) is 7.03. The van der Waals surface area contributed by atoms with Crippen molar-refractivity contribution in [2.24, 2.45) is 0 Å². The number of rotatable bonds is 5. The fraction of sp³-hybridized carbons (Fsp3) is 0.421. The van der Waals surface area contributed by atoms with Crippen molar-refractivity contribution in [3.63, 3.8) is 0 Å². The quantitative estimate of drug-likeness (QED) is 0.920. The Hall–Kier alpha value is -2.07. The summed E-state index contributed by atoms with van der Waals surface area (Å²) in [5.41, 5.74) is 2.02. The van der Waals surface area contributed by atoms with Crippen LogP contribution in [0.3, 0.4) is 0 Å². The largest absolute Gasteiger partial charge is 0.357 e. The number of likely N-dealkylation sites (tertiary alicyclic amines) is 1. The van der Waals surface area contributed by atoms with Crippen molar-refractivity contribution in [3.05, 3.63) is 59.9 Å². The Kier molecular flexibility index (Phi) is 4.82. The molecule has 23 heavy (non-hydrogen) atoms. The zero-order valence-electron chi connectivity index (χ0n) is 13.9. The summed E-state index contributed by atoms with van der Waals surface area (Å²) < 4.78 is 0. The van der Waals surface area contributed by atoms with Gasteiger partial charge in [-0.3, -0.25) is 9.69 Å². The molecule has 0 bridgehead atoms. The van der Waals surface area contributed by atoms with Crippen molar-refractivity contribution in [2.45, 2.75) is 32.4 Å². The first-order valence-corrected chi connectivity index (χ1v) is 8.44. The molecular weight excluding hydrogens is 286 g/mol. The number of hydrogen-bond acceptors (Lipinski definition) is 2. The summed E-state index contributed by atoms with van der Waals surface area (Å²) in [5, 5.41) is 0. The molecule has 1 saturated heterocycles. The molecule has 4 nitrogen and oxygen atoms in total. The van der Waals surface area contributed by atoms with E-state index in [1.807, 2.05) is 17.0 Å². The van der Waals surface area contributed by atoms with E-state index < -0.39 is 0 Å². The van der Waals surface area contributed by atoms with Crippen LogP contribution in [-0.2, 0) is 0 Å². The van der Waals surface area contributed by atoms with Gasteiger partial charge < -0.3 is 9.88 Å². The van der Waals surface area contributed by atoms with Crippen molar-refractivity contribution in [2.75, 3.05) is 19.6 Å². The van der Waals surface area contributed by atoms with Crippen LogP contribution in [0.5, 0.6) is 0 Å². The van der Waals surface area contributed by atoms with E-state index in [2.05, 4.69) is 54.1 Å². The Morgan fingerprint density at radius 3 is 2.74 bits per heavy atom. The maximum atomic E-state index is 12.6. The first-order valence-electron chi connectivity index (χ1n) is 8.44. The average molecular weight is 311 g/mol. The van der Waals surface area contributed by atoms with E-state index in [9.17, 15) is 4.79 Å². The molecule has 0 radical (unpaired) electrons. The Balaban J connectivity index is 1.67. The SMILES string of the molecule is CCN(C(=O)c1ccc[nH]1)[C@@H]1CCN([C@@H](C)c2ccccc2)C1. The van der Waals surface area contributed by atoms with Gasteiger partial charge in [0.25, 0.3) is 5.91 Å². The van der Waals surface area contributed by atoms with Gasteiger partial charge in [0.2, 0.25) is 0 Å². The second-order valence-electron chi connectivity index (χ2n) is 6.20. The number of benzene rings is 1. The van der Waals surface area contributed by atoms with Gasteiger partial charge in [-0.25, -0.2) is 0 Å². The third kappa shape index (κ3) is 3.32. The third-order valence-electron chi connectivity index (χ3n) is 4.90. The van der Waals surface area contributed by atoms with E-state index in [1.165, 1.54) is 5.56 Å². The maximum Gasteiger partial charge on any atom is 0.270 e. The highest BCUT2D eigenvalue weighted by atomic mass is 16.2. The summed E-state index contributed by atoms with van der Waals surface area (Å²) in [4.78, 5) is 20.2. The van der Waals surface area contributed by atoms with Crippen LogP contribution in [0.15, 0.2) is 48.7 Å². The smallest absolute Gasteiger partial charge is 0.270 e. The number of amides is 1. The Labute approximate surface area is 138 Å². The van der Waals surface area contributed by atoms with E-state index in [1.54, 1.807) is 6.20 Å². The Morgan fingerprint density at radius 1 is 1.30 bits per heavy atom. The minimum atomic E-state index is 0.108. The van der Waals surface area contributed by atoms with Gasteiger partial charge in [-0.15, -0.1) is 0 Å².